The Hall–Kier alpha value is -7.83. The van der Waals surface area contributed by atoms with E-state index in [-0.39, 0.29) is 0 Å². The molecular weight excluding hydrogens is 699 g/mol. The van der Waals surface area contributed by atoms with Gasteiger partial charge < -0.3 is 4.42 Å². The lowest BCUT2D eigenvalue weighted by molar-refractivity contribution is 0.652. The van der Waals surface area contributed by atoms with Gasteiger partial charge in [-0.1, -0.05) is 146 Å². The van der Waals surface area contributed by atoms with E-state index in [2.05, 4.69) is 138 Å². The summed E-state index contributed by atoms with van der Waals surface area (Å²) in [5.41, 5.74) is 11.3. The molecule has 0 aliphatic carbocycles. The molecule has 0 spiro atoms. The largest absolute Gasteiger partial charge is 0.434 e. The Morgan fingerprint density at radius 2 is 0.895 bits per heavy atom. The maximum Gasteiger partial charge on any atom is 0.229 e. The van der Waals surface area contributed by atoms with Crippen molar-refractivity contribution < 1.29 is 4.42 Å². The van der Waals surface area contributed by atoms with Gasteiger partial charge in [-0.15, -0.1) is 0 Å². The average Bonchev–Trinajstić information content (AvgIpc) is 3.67. The van der Waals surface area contributed by atoms with Gasteiger partial charge in [0.05, 0.1) is 16.8 Å². The SMILES string of the molecule is c1ccc(-c2ccc(-c3cc(-c4ccc(-c5nc(-c6ccc7cc8ccccc8cc7c6)nc6c5oc5ncccc56)cc4)nc(-c4ccccc4)n3)cc2)cc1. The van der Waals surface area contributed by atoms with E-state index in [9.17, 15) is 0 Å². The van der Waals surface area contributed by atoms with Crippen LogP contribution in [0.15, 0.2) is 193 Å². The highest BCUT2D eigenvalue weighted by molar-refractivity contribution is 6.06. The standard InChI is InChI=1S/C51H31N5O/c1-3-10-32(11-4-1)33-17-19-34(20-18-33)44-31-45(54-49(53-44)37-12-5-2-6-13-37)35-21-23-36(24-22-35)46-48-47(43-16-9-27-52-51(43)57-48)56-50(55-46)41-26-25-40-28-38-14-7-8-15-39(38)29-42(40)30-41/h1-31H. The van der Waals surface area contributed by atoms with Crippen molar-refractivity contribution in [1.82, 2.24) is 24.9 Å². The Morgan fingerprint density at radius 1 is 0.351 bits per heavy atom. The number of hydrogen-bond donors (Lipinski definition) is 0. The lowest BCUT2D eigenvalue weighted by atomic mass is 10.0. The summed E-state index contributed by atoms with van der Waals surface area (Å²) in [4.78, 5) is 24.9. The first kappa shape index (κ1) is 32.6. The van der Waals surface area contributed by atoms with Gasteiger partial charge in [-0.2, -0.15) is 0 Å². The number of rotatable bonds is 6. The van der Waals surface area contributed by atoms with Gasteiger partial charge in [-0.3, -0.25) is 0 Å². The molecule has 6 nitrogen and oxygen atoms in total. The molecule has 0 aliphatic rings. The zero-order valence-corrected chi connectivity index (χ0v) is 30.5. The zero-order chi connectivity index (χ0) is 37.7. The van der Waals surface area contributed by atoms with E-state index in [0.717, 1.165) is 61.1 Å². The normalized spacial score (nSPS) is 11.5. The van der Waals surface area contributed by atoms with Crippen LogP contribution in [0.25, 0.3) is 111 Å². The summed E-state index contributed by atoms with van der Waals surface area (Å²) in [5, 5.41) is 5.55. The molecule has 0 N–H and O–H groups in total. The molecule has 0 radical (unpaired) electrons. The molecule has 11 rings (SSSR count). The molecule has 0 bridgehead atoms. The average molecular weight is 730 g/mol. The minimum atomic E-state index is 0.528. The summed E-state index contributed by atoms with van der Waals surface area (Å²) in [7, 11) is 0. The van der Waals surface area contributed by atoms with Crippen LogP contribution < -0.4 is 0 Å². The van der Waals surface area contributed by atoms with Gasteiger partial charge in [0.1, 0.15) is 11.2 Å². The molecular formula is C51H31N5O. The van der Waals surface area contributed by atoms with Crippen LogP contribution in [0.2, 0.25) is 0 Å². The minimum absolute atomic E-state index is 0.528. The molecule has 0 saturated carbocycles. The first-order valence-corrected chi connectivity index (χ1v) is 18.9. The van der Waals surface area contributed by atoms with E-state index in [0.29, 0.717) is 28.6 Å². The van der Waals surface area contributed by atoms with Crippen molar-refractivity contribution in [3.05, 3.63) is 188 Å². The van der Waals surface area contributed by atoms with Crippen LogP contribution in [-0.2, 0) is 0 Å². The lowest BCUT2D eigenvalue weighted by Crippen LogP contribution is -1.96. The van der Waals surface area contributed by atoms with Crippen LogP contribution in [0.1, 0.15) is 0 Å². The molecule has 11 aromatic rings. The predicted octanol–water partition coefficient (Wildman–Crippen LogP) is 12.9. The molecule has 0 fully saturated rings. The number of furan rings is 1. The Balaban J connectivity index is 1.02. The summed E-state index contributed by atoms with van der Waals surface area (Å²) in [6, 6.07) is 62.7. The van der Waals surface area contributed by atoms with E-state index < -0.39 is 0 Å². The quantitative estimate of drug-likeness (QED) is 0.159. The second-order valence-corrected chi connectivity index (χ2v) is 14.1. The first-order chi connectivity index (χ1) is 28.2. The van der Waals surface area contributed by atoms with Crippen LogP contribution in [0.5, 0.6) is 0 Å². The Morgan fingerprint density at radius 3 is 1.60 bits per heavy atom. The van der Waals surface area contributed by atoms with Gasteiger partial charge in [0.2, 0.25) is 5.71 Å². The van der Waals surface area contributed by atoms with Crippen molar-refractivity contribution in [2.45, 2.75) is 0 Å². The van der Waals surface area contributed by atoms with Crippen molar-refractivity contribution in [3.8, 4) is 67.7 Å². The summed E-state index contributed by atoms with van der Waals surface area (Å²) in [6.45, 7) is 0. The fourth-order valence-electron chi connectivity index (χ4n) is 7.60. The molecule has 0 atom stereocenters. The molecule has 266 valence electrons. The van der Waals surface area contributed by atoms with Gasteiger partial charge >= 0.3 is 0 Å². The van der Waals surface area contributed by atoms with Crippen LogP contribution in [0, 0.1) is 0 Å². The predicted molar refractivity (Wildman–Crippen MR) is 230 cm³/mol. The van der Waals surface area contributed by atoms with Gasteiger partial charge in [-0.25, -0.2) is 24.9 Å². The van der Waals surface area contributed by atoms with Gasteiger partial charge in [0, 0.05) is 34.0 Å². The second-order valence-electron chi connectivity index (χ2n) is 14.1. The van der Waals surface area contributed by atoms with Crippen molar-refractivity contribution in [3.63, 3.8) is 0 Å². The third-order valence-electron chi connectivity index (χ3n) is 10.6. The fourth-order valence-corrected chi connectivity index (χ4v) is 7.60. The number of benzene rings is 7. The van der Waals surface area contributed by atoms with E-state index >= 15 is 0 Å². The fraction of sp³-hybridized carbons (Fsp3) is 0. The Kier molecular flexibility index (Phi) is 7.71. The highest BCUT2D eigenvalue weighted by atomic mass is 16.3. The molecule has 6 heteroatoms. The maximum atomic E-state index is 6.37. The van der Waals surface area contributed by atoms with Crippen molar-refractivity contribution >= 4 is 43.7 Å². The minimum Gasteiger partial charge on any atom is -0.434 e. The van der Waals surface area contributed by atoms with Crippen molar-refractivity contribution in [1.29, 1.82) is 0 Å². The number of pyridine rings is 1. The van der Waals surface area contributed by atoms with Crippen LogP contribution >= 0.6 is 0 Å². The summed E-state index contributed by atoms with van der Waals surface area (Å²) < 4.78 is 6.37. The first-order valence-electron chi connectivity index (χ1n) is 18.9. The van der Waals surface area contributed by atoms with E-state index in [4.69, 9.17) is 24.4 Å². The van der Waals surface area contributed by atoms with Gasteiger partial charge in [-0.05, 0) is 69.1 Å². The number of aromatic nitrogens is 5. The summed E-state index contributed by atoms with van der Waals surface area (Å²) in [6.07, 6.45) is 1.73. The molecule has 7 aromatic carbocycles. The third-order valence-corrected chi connectivity index (χ3v) is 10.6. The molecule has 0 aliphatic heterocycles. The Bertz CT molecular complexity index is 3270. The van der Waals surface area contributed by atoms with E-state index in [1.54, 1.807) is 6.20 Å². The van der Waals surface area contributed by atoms with Crippen LogP contribution in [0.3, 0.4) is 0 Å². The third kappa shape index (κ3) is 5.97. The monoisotopic (exact) mass is 729 g/mol. The number of fused-ring (bicyclic) bond motifs is 5. The highest BCUT2D eigenvalue weighted by Gasteiger charge is 2.20. The van der Waals surface area contributed by atoms with Crippen LogP contribution in [0.4, 0.5) is 0 Å². The molecule has 0 amide bonds. The second kappa shape index (κ2) is 13.5. The smallest absolute Gasteiger partial charge is 0.229 e. The van der Waals surface area contributed by atoms with Crippen molar-refractivity contribution in [2.24, 2.45) is 0 Å². The van der Waals surface area contributed by atoms with E-state index in [1.165, 1.54) is 21.7 Å². The van der Waals surface area contributed by atoms with Gasteiger partial charge in [0.15, 0.2) is 17.2 Å². The topological polar surface area (TPSA) is 77.6 Å². The Labute approximate surface area is 327 Å². The van der Waals surface area contributed by atoms with E-state index in [1.807, 2.05) is 48.5 Å². The zero-order valence-electron chi connectivity index (χ0n) is 30.5. The molecule has 0 saturated heterocycles. The summed E-state index contributed by atoms with van der Waals surface area (Å²) in [5.74, 6) is 1.29. The van der Waals surface area contributed by atoms with Gasteiger partial charge in [0.25, 0.3) is 0 Å². The number of nitrogens with zero attached hydrogens (tertiary/aromatic N) is 5. The summed E-state index contributed by atoms with van der Waals surface area (Å²) >= 11 is 0. The maximum absolute atomic E-state index is 6.37. The van der Waals surface area contributed by atoms with Crippen molar-refractivity contribution in [2.75, 3.05) is 0 Å². The van der Waals surface area contributed by atoms with Crippen LogP contribution in [-0.4, -0.2) is 24.9 Å². The number of hydrogen-bond acceptors (Lipinski definition) is 6. The molecule has 4 heterocycles. The molecule has 0 unspecified atom stereocenters. The lowest BCUT2D eigenvalue weighted by Gasteiger charge is -2.11. The molecule has 4 aromatic heterocycles. The highest BCUT2D eigenvalue weighted by Crippen LogP contribution is 2.37. The molecule has 57 heavy (non-hydrogen) atoms.